The topological polar surface area (TPSA) is 428 Å². The fourth-order valence-corrected chi connectivity index (χ4v) is 3.28. The van der Waals surface area contributed by atoms with Crippen LogP contribution in [0.25, 0.3) is 0 Å². The molecular formula is C18Cr4Fe3N18. The van der Waals surface area contributed by atoms with Crippen LogP contribution in [-0.4, -0.2) is 0 Å². The van der Waals surface area contributed by atoms with Gasteiger partial charge < -0.3 is 0 Å². The first kappa shape index (κ1) is 53.7. The monoisotopic (exact) mass is 844 g/mol. The second-order valence-corrected chi connectivity index (χ2v) is 22.3. The van der Waals surface area contributed by atoms with Gasteiger partial charge in [-0.3, -0.25) is 0 Å². The van der Waals surface area contributed by atoms with Crippen LogP contribution < -0.4 is 0 Å². The Bertz CT molecular complexity index is 1420. The van der Waals surface area contributed by atoms with Crippen LogP contribution in [0.3, 0.4) is 0 Å². The van der Waals surface area contributed by atoms with E-state index < -0.39 is 32.2 Å². The second-order valence-electron chi connectivity index (χ2n) is 5.40. The summed E-state index contributed by atoms with van der Waals surface area (Å²) in [5.74, 6) is 0. The van der Waals surface area contributed by atoms with Crippen molar-refractivity contribution in [1.82, 2.24) is 0 Å². The molecule has 0 N–H and O–H groups in total. The van der Waals surface area contributed by atoms with Crippen molar-refractivity contribution in [3.05, 3.63) is 0 Å². The van der Waals surface area contributed by atoms with Gasteiger partial charge >= 0.3 is 286 Å². The Morgan fingerprint density at radius 2 is 0.209 bits per heavy atom. The van der Waals surface area contributed by atoms with Crippen LogP contribution in [0.1, 0.15) is 0 Å². The van der Waals surface area contributed by atoms with E-state index >= 15 is 0 Å². The Kier molecular flexibility index (Phi) is 17.4. The van der Waals surface area contributed by atoms with E-state index in [1.54, 1.807) is 0 Å². The number of rotatable bonds is 0. The minimum Gasteiger partial charge on any atom is 3.00 e. The van der Waals surface area contributed by atoms with Crippen molar-refractivity contribution < 1.29 is 102 Å². The summed E-state index contributed by atoms with van der Waals surface area (Å²) >= 11 is 0. The molecule has 0 amide bonds. The van der Waals surface area contributed by atoms with Gasteiger partial charge in [-0.15, -0.1) is 0 Å². The van der Waals surface area contributed by atoms with E-state index in [1.807, 2.05) is 0 Å². The zero-order valence-electron chi connectivity index (χ0n) is 19.7. The fourth-order valence-electron chi connectivity index (χ4n) is 0.795. The molecule has 0 heterocycles. The molecule has 18 nitrogen and oxygen atoms in total. The van der Waals surface area contributed by atoms with Crippen molar-refractivity contribution in [1.29, 1.82) is 94.7 Å². The zero-order valence-corrected chi connectivity index (χ0v) is 28.2. The largest absolute Gasteiger partial charge is 3.00 e. The molecule has 0 rings (SSSR count). The Morgan fingerprint density at radius 3 is 0.209 bits per heavy atom. The van der Waals surface area contributed by atoms with Crippen molar-refractivity contribution in [2.75, 3.05) is 0 Å². The number of nitriles is 18. The van der Waals surface area contributed by atoms with Crippen molar-refractivity contribution in [2.24, 2.45) is 0 Å². The molecule has 0 aromatic heterocycles. The normalized spacial score (nSPS) is 12.1. The van der Waals surface area contributed by atoms with Crippen LogP contribution in [0.4, 0.5) is 0 Å². The van der Waals surface area contributed by atoms with Gasteiger partial charge in [-0.05, 0) is 0 Å². The summed E-state index contributed by atoms with van der Waals surface area (Å²) < 4.78 is 0. The smallest absolute Gasteiger partial charge is 3.00 e. The molecule has 0 atom stereocenters. The second kappa shape index (κ2) is 13.9. The molecule has 0 unspecified atom stereocenters. The number of nitrogens with zero attached hydrogens (tertiary/aromatic N) is 18. The Labute approximate surface area is 283 Å². The van der Waals surface area contributed by atoms with Gasteiger partial charge in [0.05, 0.1) is 0 Å². The van der Waals surface area contributed by atoms with Crippen LogP contribution in [0.5, 0.6) is 0 Å². The number of hydrogen-bond donors (Lipinski definition) is 0. The molecule has 0 aliphatic heterocycles. The molecule has 25 heteroatoms. The van der Waals surface area contributed by atoms with E-state index in [0.717, 1.165) is 89.4 Å². The molecule has 0 aliphatic rings. The maximum Gasteiger partial charge on any atom is 3.00 e. The van der Waals surface area contributed by atoms with Gasteiger partial charge in [-0.2, -0.15) is 0 Å². The molecule has 0 spiro atoms. The first-order valence-corrected chi connectivity index (χ1v) is 17.1. The molecule has 210 valence electrons. The average molecular weight is 844 g/mol. The van der Waals surface area contributed by atoms with Crippen LogP contribution >= 0.6 is 0 Å². The summed E-state index contributed by atoms with van der Waals surface area (Å²) in [6, 6.07) is 0. The summed E-state index contributed by atoms with van der Waals surface area (Å²) in [4.78, 5) is 18.6. The first-order valence-electron chi connectivity index (χ1n) is 7.21. The Morgan fingerprint density at radius 1 is 0.163 bits per heavy atom. The van der Waals surface area contributed by atoms with E-state index in [4.69, 9.17) is 94.7 Å². The van der Waals surface area contributed by atoms with Crippen molar-refractivity contribution >= 4 is 0 Å². The van der Waals surface area contributed by atoms with Crippen LogP contribution in [0, 0.1) is 184 Å². The third kappa shape index (κ3) is 6.09. The van der Waals surface area contributed by atoms with E-state index in [9.17, 15) is 0 Å². The standard InChI is InChI=1S/18CN.4Cr.3Fe/c18*1-2;;;;;;;/q;;;;;;;;;;;;;;;;;;4*+3;3*-4. The van der Waals surface area contributed by atoms with E-state index in [2.05, 4.69) is 0 Å². The third-order valence-corrected chi connectivity index (χ3v) is 14.7. The van der Waals surface area contributed by atoms with Crippen LogP contribution in [0.15, 0.2) is 0 Å². The van der Waals surface area contributed by atoms with Gasteiger partial charge in [0.2, 0.25) is 0 Å². The fraction of sp³-hybridized carbons (Fsp3) is 0. The summed E-state index contributed by atoms with van der Waals surface area (Å²) in [7, 11) is -18.5. The predicted molar refractivity (Wildman–Crippen MR) is 101 cm³/mol. The van der Waals surface area contributed by atoms with E-state index in [1.165, 1.54) is 0 Å². The quantitative estimate of drug-likeness (QED) is 0.296. The van der Waals surface area contributed by atoms with E-state index in [0.29, 0.717) is 0 Å². The van der Waals surface area contributed by atoms with Gasteiger partial charge in [0.15, 0.2) is 0 Å². The van der Waals surface area contributed by atoms with Crippen LogP contribution in [-0.2, 0) is 102 Å². The molecule has 43 heavy (non-hydrogen) atoms. The summed E-state index contributed by atoms with van der Waals surface area (Å²) in [6.07, 6.45) is 0. The maximum absolute atomic E-state index is 8.58. The molecule has 4 radical (unpaired) electrons. The summed E-state index contributed by atoms with van der Waals surface area (Å²) in [6.45, 7) is 0. The van der Waals surface area contributed by atoms with Crippen molar-refractivity contribution in [3.63, 3.8) is 0 Å². The van der Waals surface area contributed by atoms with Crippen molar-refractivity contribution in [2.45, 2.75) is 0 Å². The maximum atomic E-state index is 8.58. The van der Waals surface area contributed by atoms with E-state index in [-0.39, 0.29) is 69.4 Å². The minimum absolute atomic E-state index is 0. The van der Waals surface area contributed by atoms with Gasteiger partial charge in [0.1, 0.15) is 0 Å². The molecule has 0 bridgehead atoms. The average Bonchev–Trinajstić information content (AvgIpc) is 3.06. The van der Waals surface area contributed by atoms with Gasteiger partial charge in [0.25, 0.3) is 0 Å². The molecular weight excluding hydrogens is 844 g/mol. The van der Waals surface area contributed by atoms with Crippen molar-refractivity contribution in [3.8, 4) is 89.4 Å². The summed E-state index contributed by atoms with van der Waals surface area (Å²) in [5, 5.41) is 154. The SMILES string of the molecule is N#[C][Fe-4]([C]#N)([C]#N)([C]#N)([C]#N)[C]#N.N#[C][Fe-4]([C]#N)([C]#N)([C]#N)([C]#N)[C]#N.N#[C][Fe-4]([C]#N)([C]#N)([C]#N)([C]#N)[C]#N.[Cr+3].[Cr+3].[Cr+3].[Cr+3]. The van der Waals surface area contributed by atoms with Gasteiger partial charge in [0, 0.05) is 0 Å². The zero-order chi connectivity index (χ0) is 32.0. The third-order valence-electron chi connectivity index (χ3n) is 3.56. The summed E-state index contributed by atoms with van der Waals surface area (Å²) in [5.41, 5.74) is 0. The molecule has 0 fully saturated rings. The number of hydrogen-bond acceptors (Lipinski definition) is 18. The Hall–Kier alpha value is -5.49. The Balaban J connectivity index is -0.0000000864. The molecule has 0 aliphatic carbocycles. The van der Waals surface area contributed by atoms with Gasteiger partial charge in [-0.25, -0.2) is 0 Å². The molecule has 0 saturated carbocycles. The van der Waals surface area contributed by atoms with Crippen LogP contribution in [0.2, 0.25) is 0 Å². The first-order chi connectivity index (χ1) is 17.9. The predicted octanol–water partition coefficient (Wildman–Crippen LogP) is 0.285. The van der Waals surface area contributed by atoms with Gasteiger partial charge in [-0.1, -0.05) is 0 Å². The molecule has 0 saturated heterocycles. The minimum atomic E-state index is -6.17. The molecule has 0 aromatic carbocycles. The molecule has 0 aromatic rings.